The summed E-state index contributed by atoms with van der Waals surface area (Å²) >= 11 is 1.70. The van der Waals surface area contributed by atoms with Crippen molar-refractivity contribution in [1.82, 2.24) is 15.3 Å². The lowest BCUT2D eigenvalue weighted by Gasteiger charge is -2.01. The highest BCUT2D eigenvalue weighted by atomic mass is 32.1. The molecule has 0 amide bonds. The lowest BCUT2D eigenvalue weighted by molar-refractivity contribution is 0.756. The molecule has 0 saturated heterocycles. The molecular weight excluding hydrogens is 206 g/mol. The van der Waals surface area contributed by atoms with Crippen molar-refractivity contribution in [3.63, 3.8) is 0 Å². The van der Waals surface area contributed by atoms with E-state index in [1.54, 1.807) is 11.3 Å². The van der Waals surface area contributed by atoms with Crippen LogP contribution >= 0.6 is 11.3 Å². The molecule has 2 heterocycles. The molecule has 2 rings (SSSR count). The molecule has 3 nitrogen and oxygen atoms in total. The van der Waals surface area contributed by atoms with Gasteiger partial charge in [0.15, 0.2) is 0 Å². The molecule has 0 aliphatic heterocycles. The van der Waals surface area contributed by atoms with Crippen LogP contribution in [0.5, 0.6) is 0 Å². The number of rotatable bonds is 4. The van der Waals surface area contributed by atoms with E-state index in [1.165, 1.54) is 4.88 Å². The van der Waals surface area contributed by atoms with Crippen LogP contribution in [0.2, 0.25) is 0 Å². The molecule has 0 unspecified atom stereocenters. The predicted molar refractivity (Wildman–Crippen MR) is 63.0 cm³/mol. The predicted octanol–water partition coefficient (Wildman–Crippen LogP) is 1.97. The molecule has 78 valence electrons. The summed E-state index contributed by atoms with van der Waals surface area (Å²) in [7, 11) is 1.93. The molecule has 4 heteroatoms. The van der Waals surface area contributed by atoms with Crippen LogP contribution in [0, 0.1) is 0 Å². The fraction of sp³-hybridized carbons (Fsp3) is 0.273. The molecule has 15 heavy (non-hydrogen) atoms. The minimum absolute atomic E-state index is 0.871. The summed E-state index contributed by atoms with van der Waals surface area (Å²) in [5, 5.41) is 5.15. The molecule has 2 aromatic rings. The van der Waals surface area contributed by atoms with Crippen LogP contribution < -0.4 is 5.32 Å². The van der Waals surface area contributed by atoms with E-state index in [-0.39, 0.29) is 0 Å². The van der Waals surface area contributed by atoms with E-state index in [0.717, 1.165) is 24.5 Å². The van der Waals surface area contributed by atoms with Crippen molar-refractivity contribution in [2.24, 2.45) is 0 Å². The zero-order valence-electron chi connectivity index (χ0n) is 8.60. The first-order valence-electron chi connectivity index (χ1n) is 4.90. The maximum atomic E-state index is 4.51. The first-order valence-corrected chi connectivity index (χ1v) is 5.78. The zero-order valence-corrected chi connectivity index (χ0v) is 9.42. The molecule has 0 aliphatic rings. The Labute approximate surface area is 93.2 Å². The van der Waals surface area contributed by atoms with Gasteiger partial charge in [-0.25, -0.2) is 9.97 Å². The SMILES string of the molecule is CNCCc1nccc(-c2cccs2)n1. The van der Waals surface area contributed by atoms with Crippen molar-refractivity contribution < 1.29 is 0 Å². The van der Waals surface area contributed by atoms with E-state index < -0.39 is 0 Å². The highest BCUT2D eigenvalue weighted by molar-refractivity contribution is 7.13. The Hall–Kier alpha value is -1.26. The molecular formula is C11H13N3S. The van der Waals surface area contributed by atoms with Gasteiger partial charge >= 0.3 is 0 Å². The highest BCUT2D eigenvalue weighted by Crippen LogP contribution is 2.21. The number of aromatic nitrogens is 2. The molecule has 0 atom stereocenters. The molecule has 0 bridgehead atoms. The summed E-state index contributed by atoms with van der Waals surface area (Å²) in [6.45, 7) is 0.911. The first-order chi connectivity index (χ1) is 7.40. The van der Waals surface area contributed by atoms with Crippen molar-refractivity contribution >= 4 is 11.3 Å². The number of likely N-dealkylation sites (N-methyl/N-ethyl adjacent to an activating group) is 1. The summed E-state index contributed by atoms with van der Waals surface area (Å²) < 4.78 is 0. The second-order valence-corrected chi connectivity index (χ2v) is 4.14. The summed E-state index contributed by atoms with van der Waals surface area (Å²) in [6, 6.07) is 6.07. The Morgan fingerprint density at radius 3 is 3.07 bits per heavy atom. The Kier molecular flexibility index (Phi) is 3.42. The topological polar surface area (TPSA) is 37.8 Å². The smallest absolute Gasteiger partial charge is 0.130 e. The molecule has 0 saturated carbocycles. The second kappa shape index (κ2) is 5.00. The van der Waals surface area contributed by atoms with Gasteiger partial charge in [-0.1, -0.05) is 6.07 Å². The van der Waals surface area contributed by atoms with Crippen LogP contribution in [0.1, 0.15) is 5.82 Å². The average Bonchev–Trinajstić information content (AvgIpc) is 2.80. The third kappa shape index (κ3) is 2.61. The van der Waals surface area contributed by atoms with E-state index in [0.29, 0.717) is 0 Å². The van der Waals surface area contributed by atoms with Gasteiger partial charge in [-0.3, -0.25) is 0 Å². The van der Waals surface area contributed by atoms with E-state index in [4.69, 9.17) is 0 Å². The number of hydrogen-bond donors (Lipinski definition) is 1. The van der Waals surface area contributed by atoms with Gasteiger partial charge in [0.25, 0.3) is 0 Å². The largest absolute Gasteiger partial charge is 0.319 e. The van der Waals surface area contributed by atoms with Crippen LogP contribution in [-0.2, 0) is 6.42 Å². The maximum absolute atomic E-state index is 4.51. The van der Waals surface area contributed by atoms with Gasteiger partial charge in [-0.2, -0.15) is 0 Å². The van der Waals surface area contributed by atoms with Gasteiger partial charge in [0.2, 0.25) is 0 Å². The summed E-state index contributed by atoms with van der Waals surface area (Å²) in [6.07, 6.45) is 2.70. The van der Waals surface area contributed by atoms with Gasteiger partial charge in [-0.05, 0) is 24.6 Å². The molecule has 0 radical (unpaired) electrons. The Morgan fingerprint density at radius 1 is 1.40 bits per heavy atom. The molecule has 0 fully saturated rings. The third-order valence-electron chi connectivity index (χ3n) is 2.08. The van der Waals surface area contributed by atoms with Crippen molar-refractivity contribution in [3.8, 4) is 10.6 Å². The van der Waals surface area contributed by atoms with Crippen LogP contribution in [0.25, 0.3) is 10.6 Å². The van der Waals surface area contributed by atoms with E-state index >= 15 is 0 Å². The second-order valence-electron chi connectivity index (χ2n) is 3.19. The zero-order chi connectivity index (χ0) is 10.5. The molecule has 2 aromatic heterocycles. The van der Waals surface area contributed by atoms with Gasteiger partial charge in [-0.15, -0.1) is 11.3 Å². The van der Waals surface area contributed by atoms with Crippen molar-refractivity contribution in [1.29, 1.82) is 0 Å². The van der Waals surface area contributed by atoms with Gasteiger partial charge in [0.05, 0.1) is 10.6 Å². The first kappa shape index (κ1) is 10.3. The number of thiophene rings is 1. The van der Waals surface area contributed by atoms with Crippen LogP contribution in [0.3, 0.4) is 0 Å². The third-order valence-corrected chi connectivity index (χ3v) is 2.97. The van der Waals surface area contributed by atoms with Crippen LogP contribution in [0.15, 0.2) is 29.8 Å². The summed E-state index contributed by atoms with van der Waals surface area (Å²) in [5.41, 5.74) is 1.02. The van der Waals surface area contributed by atoms with E-state index in [9.17, 15) is 0 Å². The number of hydrogen-bond acceptors (Lipinski definition) is 4. The number of nitrogens with zero attached hydrogens (tertiary/aromatic N) is 2. The monoisotopic (exact) mass is 219 g/mol. The normalized spacial score (nSPS) is 10.5. The Bertz CT molecular complexity index is 412. The van der Waals surface area contributed by atoms with E-state index in [2.05, 4.69) is 26.7 Å². The minimum Gasteiger partial charge on any atom is -0.319 e. The standard InChI is InChI=1S/C11H13N3S/c1-12-6-5-11-13-7-4-9(14-11)10-3-2-8-15-10/h2-4,7-8,12H,5-6H2,1H3. The fourth-order valence-corrected chi connectivity index (χ4v) is 2.01. The Balaban J connectivity index is 2.19. The van der Waals surface area contributed by atoms with Crippen LogP contribution in [-0.4, -0.2) is 23.6 Å². The van der Waals surface area contributed by atoms with Gasteiger partial charge in [0.1, 0.15) is 5.82 Å². The summed E-state index contributed by atoms with van der Waals surface area (Å²) in [4.78, 5) is 9.95. The van der Waals surface area contributed by atoms with Gasteiger partial charge < -0.3 is 5.32 Å². The highest BCUT2D eigenvalue weighted by Gasteiger charge is 2.02. The summed E-state index contributed by atoms with van der Waals surface area (Å²) in [5.74, 6) is 0.898. The fourth-order valence-electron chi connectivity index (χ4n) is 1.32. The molecule has 0 spiro atoms. The molecule has 0 aliphatic carbocycles. The van der Waals surface area contributed by atoms with E-state index in [1.807, 2.05) is 25.4 Å². The average molecular weight is 219 g/mol. The molecule has 1 N–H and O–H groups in total. The maximum Gasteiger partial charge on any atom is 0.130 e. The Morgan fingerprint density at radius 2 is 2.33 bits per heavy atom. The van der Waals surface area contributed by atoms with Crippen molar-refractivity contribution in [2.45, 2.75) is 6.42 Å². The lowest BCUT2D eigenvalue weighted by Crippen LogP contribution is -2.12. The quantitative estimate of drug-likeness (QED) is 0.854. The van der Waals surface area contributed by atoms with Crippen molar-refractivity contribution in [2.75, 3.05) is 13.6 Å². The van der Waals surface area contributed by atoms with Crippen LogP contribution in [0.4, 0.5) is 0 Å². The van der Waals surface area contributed by atoms with Gasteiger partial charge in [0, 0.05) is 19.2 Å². The number of nitrogens with one attached hydrogen (secondary N) is 1. The van der Waals surface area contributed by atoms with Crippen molar-refractivity contribution in [3.05, 3.63) is 35.6 Å². The minimum atomic E-state index is 0.871. The lowest BCUT2D eigenvalue weighted by atomic mass is 10.3. The molecule has 0 aromatic carbocycles.